The van der Waals surface area contributed by atoms with E-state index >= 15 is 0 Å². The fraction of sp³-hybridized carbons (Fsp3) is 0.381. The van der Waals surface area contributed by atoms with Crippen molar-refractivity contribution >= 4 is 11.7 Å². The van der Waals surface area contributed by atoms with Gasteiger partial charge >= 0.3 is 0 Å². The molecule has 0 radical (unpaired) electrons. The number of pyridine rings is 1. The molecule has 2 aromatic rings. The summed E-state index contributed by atoms with van der Waals surface area (Å²) >= 11 is 0. The van der Waals surface area contributed by atoms with Gasteiger partial charge in [0.05, 0.1) is 5.92 Å². The molecule has 1 aromatic carbocycles. The Morgan fingerprint density at radius 1 is 1.11 bits per heavy atom. The Kier molecular flexibility index (Phi) is 5.96. The van der Waals surface area contributed by atoms with Crippen LogP contribution in [0.3, 0.4) is 0 Å². The maximum atomic E-state index is 13.2. The summed E-state index contributed by atoms with van der Waals surface area (Å²) in [4.78, 5) is 31.8. The van der Waals surface area contributed by atoms with Crippen molar-refractivity contribution in [1.82, 2.24) is 15.2 Å². The van der Waals surface area contributed by atoms with Crippen molar-refractivity contribution in [2.45, 2.75) is 26.4 Å². The minimum absolute atomic E-state index is 0.00770. The van der Waals surface area contributed by atoms with Crippen LogP contribution in [0.5, 0.6) is 0 Å². The molecule has 0 unspecified atom stereocenters. The molecule has 1 aromatic heterocycles. The van der Waals surface area contributed by atoms with Gasteiger partial charge in [-0.15, -0.1) is 0 Å². The number of nitrogens with one attached hydrogen (secondary N) is 1. The first-order valence-electron chi connectivity index (χ1n) is 9.15. The molecule has 142 valence electrons. The molecular weight excluding hydrogens is 345 g/mol. The predicted octanol–water partition coefficient (Wildman–Crippen LogP) is 2.68. The molecule has 1 amide bonds. The van der Waals surface area contributed by atoms with Crippen molar-refractivity contribution in [3.8, 4) is 0 Å². The topological polar surface area (TPSA) is 62.3 Å². The Labute approximate surface area is 158 Å². The Bertz CT molecular complexity index is 793. The molecule has 6 heteroatoms. The molecule has 2 heterocycles. The summed E-state index contributed by atoms with van der Waals surface area (Å²) in [5.74, 6) is -1.48. The summed E-state index contributed by atoms with van der Waals surface area (Å²) in [6.45, 7) is 5.46. The number of amides is 1. The van der Waals surface area contributed by atoms with E-state index in [1.165, 1.54) is 24.3 Å². The number of carbonyl (C=O) groups excluding carboxylic acids is 2. The molecule has 0 saturated carbocycles. The van der Waals surface area contributed by atoms with Gasteiger partial charge in [-0.1, -0.05) is 0 Å². The van der Waals surface area contributed by atoms with Crippen LogP contribution in [0.2, 0.25) is 0 Å². The second kappa shape index (κ2) is 8.39. The van der Waals surface area contributed by atoms with E-state index < -0.39 is 11.8 Å². The zero-order chi connectivity index (χ0) is 19.4. The molecule has 1 aliphatic rings. The zero-order valence-corrected chi connectivity index (χ0v) is 15.6. The number of carbonyl (C=O) groups is 2. The number of Topliss-reactive ketones (excluding diaryl/α,β-unsaturated/α-hetero) is 1. The van der Waals surface area contributed by atoms with Crippen molar-refractivity contribution in [2.24, 2.45) is 11.8 Å². The van der Waals surface area contributed by atoms with Crippen LogP contribution in [-0.2, 0) is 11.3 Å². The van der Waals surface area contributed by atoms with E-state index in [0.29, 0.717) is 25.2 Å². The Balaban J connectivity index is 1.80. The second-order valence-corrected chi connectivity index (χ2v) is 7.30. The van der Waals surface area contributed by atoms with Crippen LogP contribution in [-0.4, -0.2) is 40.7 Å². The van der Waals surface area contributed by atoms with Gasteiger partial charge in [-0.05, 0) is 55.8 Å². The molecule has 0 bridgehead atoms. The highest BCUT2D eigenvalue weighted by molar-refractivity contribution is 6.01. The Morgan fingerprint density at radius 2 is 1.74 bits per heavy atom. The maximum Gasteiger partial charge on any atom is 0.225 e. The van der Waals surface area contributed by atoms with Crippen LogP contribution in [0.4, 0.5) is 4.39 Å². The molecule has 5 nitrogen and oxygen atoms in total. The van der Waals surface area contributed by atoms with Crippen LogP contribution >= 0.6 is 0 Å². The first-order chi connectivity index (χ1) is 12.9. The highest BCUT2D eigenvalue weighted by Gasteiger charge is 2.41. The number of nitrogens with zero attached hydrogens (tertiary/aromatic N) is 2. The Hall–Kier alpha value is -2.60. The molecule has 1 fully saturated rings. The van der Waals surface area contributed by atoms with Crippen LogP contribution in [0.25, 0.3) is 0 Å². The number of benzene rings is 1. The van der Waals surface area contributed by atoms with Crippen molar-refractivity contribution in [2.75, 3.05) is 13.1 Å². The normalized spacial score (nSPS) is 20.0. The van der Waals surface area contributed by atoms with Crippen LogP contribution in [0.15, 0.2) is 48.8 Å². The molecular formula is C21H24FN3O2. The lowest BCUT2D eigenvalue weighted by Crippen LogP contribution is -2.40. The predicted molar refractivity (Wildman–Crippen MR) is 101 cm³/mol. The lowest BCUT2D eigenvalue weighted by atomic mass is 9.87. The SMILES string of the molecule is CC(C)NC(=O)[C@@H]1CN(Cc2ccncc2)C[C@H]1C(=O)c1ccc(F)cc1. The third kappa shape index (κ3) is 4.77. The second-order valence-electron chi connectivity index (χ2n) is 7.30. The first kappa shape index (κ1) is 19.2. The van der Waals surface area contributed by atoms with E-state index in [2.05, 4.69) is 15.2 Å². The highest BCUT2D eigenvalue weighted by atomic mass is 19.1. The lowest BCUT2D eigenvalue weighted by Gasteiger charge is -2.18. The third-order valence-corrected chi connectivity index (χ3v) is 4.78. The van der Waals surface area contributed by atoms with Gasteiger partial charge < -0.3 is 5.32 Å². The van der Waals surface area contributed by atoms with E-state index in [4.69, 9.17) is 0 Å². The van der Waals surface area contributed by atoms with Crippen molar-refractivity contribution in [3.63, 3.8) is 0 Å². The minimum atomic E-state index is -0.448. The standard InChI is InChI=1S/C21H24FN3O2/c1-14(2)24-21(27)19-13-25(11-15-7-9-23-10-8-15)12-18(19)20(26)16-3-5-17(22)6-4-16/h3-10,14,18-19H,11-13H2,1-2H3,(H,24,27)/t18-,19-/m1/s1. The summed E-state index contributed by atoms with van der Waals surface area (Å²) in [6.07, 6.45) is 3.46. The number of halogens is 1. The van der Waals surface area contributed by atoms with Gasteiger partial charge in [-0.2, -0.15) is 0 Å². The molecule has 27 heavy (non-hydrogen) atoms. The summed E-state index contributed by atoms with van der Waals surface area (Å²) in [5.41, 5.74) is 1.53. The number of hydrogen-bond acceptors (Lipinski definition) is 4. The molecule has 1 saturated heterocycles. The summed E-state index contributed by atoms with van der Waals surface area (Å²) in [6, 6.07) is 9.39. The molecule has 1 N–H and O–H groups in total. The number of ketones is 1. The van der Waals surface area contributed by atoms with Crippen LogP contribution < -0.4 is 5.32 Å². The van der Waals surface area contributed by atoms with Crippen molar-refractivity contribution < 1.29 is 14.0 Å². The van der Waals surface area contributed by atoms with Gasteiger partial charge in [-0.25, -0.2) is 4.39 Å². The van der Waals surface area contributed by atoms with E-state index in [0.717, 1.165) is 5.56 Å². The lowest BCUT2D eigenvalue weighted by molar-refractivity contribution is -0.125. The van der Waals surface area contributed by atoms with Gasteiger partial charge in [0.15, 0.2) is 5.78 Å². The fourth-order valence-corrected chi connectivity index (χ4v) is 3.51. The average molecular weight is 369 g/mol. The third-order valence-electron chi connectivity index (χ3n) is 4.78. The fourth-order valence-electron chi connectivity index (χ4n) is 3.51. The van der Waals surface area contributed by atoms with Crippen molar-refractivity contribution in [3.05, 3.63) is 65.7 Å². The van der Waals surface area contributed by atoms with E-state index in [-0.39, 0.29) is 23.5 Å². The molecule has 3 rings (SSSR count). The average Bonchev–Trinajstić information content (AvgIpc) is 3.06. The van der Waals surface area contributed by atoms with Crippen LogP contribution in [0, 0.1) is 17.7 Å². The van der Waals surface area contributed by atoms with E-state index in [9.17, 15) is 14.0 Å². The van der Waals surface area contributed by atoms with Gasteiger partial charge in [0, 0.05) is 49.6 Å². The molecule has 0 spiro atoms. The number of aromatic nitrogens is 1. The maximum absolute atomic E-state index is 13.2. The van der Waals surface area contributed by atoms with Gasteiger partial charge in [0.1, 0.15) is 5.82 Å². The molecule has 0 aliphatic carbocycles. The smallest absolute Gasteiger partial charge is 0.225 e. The van der Waals surface area contributed by atoms with Gasteiger partial charge in [0.2, 0.25) is 5.91 Å². The minimum Gasteiger partial charge on any atom is -0.354 e. The van der Waals surface area contributed by atoms with E-state index in [1.54, 1.807) is 12.4 Å². The Morgan fingerprint density at radius 3 is 2.37 bits per heavy atom. The highest BCUT2D eigenvalue weighted by Crippen LogP contribution is 2.28. The zero-order valence-electron chi connectivity index (χ0n) is 15.6. The van der Waals surface area contributed by atoms with Crippen molar-refractivity contribution in [1.29, 1.82) is 0 Å². The summed E-state index contributed by atoms with van der Waals surface area (Å²) in [5, 5.41) is 2.93. The van der Waals surface area contributed by atoms with Gasteiger partial charge in [0.25, 0.3) is 0 Å². The largest absolute Gasteiger partial charge is 0.354 e. The molecule has 1 aliphatic heterocycles. The van der Waals surface area contributed by atoms with Gasteiger partial charge in [-0.3, -0.25) is 19.5 Å². The van der Waals surface area contributed by atoms with E-state index in [1.807, 2.05) is 26.0 Å². The number of hydrogen-bond donors (Lipinski definition) is 1. The first-order valence-corrected chi connectivity index (χ1v) is 9.15. The summed E-state index contributed by atoms with van der Waals surface area (Å²) < 4.78 is 13.2. The quantitative estimate of drug-likeness (QED) is 0.796. The summed E-state index contributed by atoms with van der Waals surface area (Å²) in [7, 11) is 0. The number of rotatable bonds is 6. The van der Waals surface area contributed by atoms with Crippen LogP contribution in [0.1, 0.15) is 29.8 Å². The number of likely N-dealkylation sites (tertiary alicyclic amines) is 1. The monoisotopic (exact) mass is 369 g/mol. The molecule has 2 atom stereocenters.